The van der Waals surface area contributed by atoms with Crippen LogP contribution in [0.5, 0.6) is 0 Å². The van der Waals surface area contributed by atoms with Crippen LogP contribution in [0.15, 0.2) is 36.4 Å². The Morgan fingerprint density at radius 3 is 2.66 bits per heavy atom. The van der Waals surface area contributed by atoms with Crippen molar-refractivity contribution in [3.05, 3.63) is 58.7 Å². The summed E-state index contributed by atoms with van der Waals surface area (Å²) in [6, 6.07) is 11.2. The molecule has 2 aromatic carbocycles. The molecule has 0 bridgehead atoms. The van der Waals surface area contributed by atoms with Crippen LogP contribution in [0.1, 0.15) is 39.9 Å². The van der Waals surface area contributed by atoms with E-state index >= 15 is 0 Å². The van der Waals surface area contributed by atoms with Gasteiger partial charge in [0, 0.05) is 31.6 Å². The van der Waals surface area contributed by atoms with Gasteiger partial charge in [-0.3, -0.25) is 19.7 Å². The van der Waals surface area contributed by atoms with Crippen LogP contribution >= 0.6 is 0 Å². The lowest BCUT2D eigenvalue weighted by atomic mass is 10.0. The molecule has 3 aliphatic rings. The molecule has 0 saturated carbocycles. The molecule has 1 saturated heterocycles. The number of hydrogen-bond acceptors (Lipinski definition) is 5. The van der Waals surface area contributed by atoms with E-state index in [1.807, 2.05) is 30.3 Å². The Kier molecular flexibility index (Phi) is 4.04. The SMILES string of the molecule is Nc1cccc2c1N(Cc1cccc3c1C(=O)N(C1CCC(=O)NC1=O)C3)CC2. The van der Waals surface area contributed by atoms with Crippen LogP contribution in [0.25, 0.3) is 0 Å². The third-order valence-corrected chi connectivity index (χ3v) is 6.12. The Morgan fingerprint density at radius 1 is 1.03 bits per heavy atom. The van der Waals surface area contributed by atoms with Crippen LogP contribution in [-0.4, -0.2) is 35.2 Å². The molecular weight excluding hydrogens is 368 g/mol. The summed E-state index contributed by atoms with van der Waals surface area (Å²) in [6.07, 6.45) is 1.56. The minimum absolute atomic E-state index is 0.134. The van der Waals surface area contributed by atoms with Gasteiger partial charge in [-0.15, -0.1) is 0 Å². The van der Waals surface area contributed by atoms with Crippen molar-refractivity contribution >= 4 is 29.1 Å². The summed E-state index contributed by atoms with van der Waals surface area (Å²) in [4.78, 5) is 40.8. The van der Waals surface area contributed by atoms with Gasteiger partial charge < -0.3 is 15.5 Å². The minimum atomic E-state index is -0.594. The second-order valence-corrected chi connectivity index (χ2v) is 7.88. The van der Waals surface area contributed by atoms with E-state index in [0.717, 1.165) is 35.5 Å². The molecule has 7 nitrogen and oxygen atoms in total. The molecule has 0 aromatic heterocycles. The number of nitrogens with zero attached hydrogens (tertiary/aromatic N) is 2. The quantitative estimate of drug-likeness (QED) is 0.613. The lowest BCUT2D eigenvalue weighted by molar-refractivity contribution is -0.136. The predicted octanol–water partition coefficient (Wildman–Crippen LogP) is 1.59. The average molecular weight is 390 g/mol. The Labute approximate surface area is 168 Å². The molecule has 3 amide bonds. The largest absolute Gasteiger partial charge is 0.397 e. The van der Waals surface area contributed by atoms with Crippen LogP contribution in [0.3, 0.4) is 0 Å². The van der Waals surface area contributed by atoms with Crippen molar-refractivity contribution in [2.45, 2.75) is 38.4 Å². The summed E-state index contributed by atoms with van der Waals surface area (Å²) < 4.78 is 0. The van der Waals surface area contributed by atoms with E-state index in [0.29, 0.717) is 25.1 Å². The molecule has 0 spiro atoms. The molecule has 29 heavy (non-hydrogen) atoms. The van der Waals surface area contributed by atoms with Gasteiger partial charge in [-0.25, -0.2) is 0 Å². The zero-order chi connectivity index (χ0) is 20.1. The second-order valence-electron chi connectivity index (χ2n) is 7.88. The number of nitrogens with two attached hydrogens (primary N) is 1. The molecule has 1 atom stereocenters. The molecule has 3 heterocycles. The van der Waals surface area contributed by atoms with Crippen molar-refractivity contribution in [1.29, 1.82) is 0 Å². The molecule has 2 aromatic rings. The normalized spacial score (nSPS) is 20.7. The van der Waals surface area contributed by atoms with Gasteiger partial charge in [-0.2, -0.15) is 0 Å². The summed E-state index contributed by atoms with van der Waals surface area (Å²) in [6.45, 7) is 1.85. The number of anilines is 2. The summed E-state index contributed by atoms with van der Waals surface area (Å²) in [7, 11) is 0. The van der Waals surface area contributed by atoms with Gasteiger partial charge in [-0.05, 0) is 35.6 Å². The van der Waals surface area contributed by atoms with Gasteiger partial charge >= 0.3 is 0 Å². The first-order valence-electron chi connectivity index (χ1n) is 9.90. The van der Waals surface area contributed by atoms with Crippen molar-refractivity contribution < 1.29 is 14.4 Å². The maximum atomic E-state index is 13.2. The Bertz CT molecular complexity index is 1050. The monoisotopic (exact) mass is 390 g/mol. The van der Waals surface area contributed by atoms with Crippen molar-refractivity contribution in [3.63, 3.8) is 0 Å². The minimum Gasteiger partial charge on any atom is -0.397 e. The van der Waals surface area contributed by atoms with Crippen LogP contribution in [0.2, 0.25) is 0 Å². The fraction of sp³-hybridized carbons (Fsp3) is 0.318. The van der Waals surface area contributed by atoms with E-state index < -0.39 is 6.04 Å². The molecule has 1 unspecified atom stereocenters. The molecule has 7 heteroatoms. The fourth-order valence-corrected chi connectivity index (χ4v) is 4.75. The van der Waals surface area contributed by atoms with Gasteiger partial charge in [0.25, 0.3) is 5.91 Å². The van der Waals surface area contributed by atoms with Gasteiger partial charge in [0.05, 0.1) is 11.4 Å². The smallest absolute Gasteiger partial charge is 0.255 e. The van der Waals surface area contributed by atoms with Crippen molar-refractivity contribution in [3.8, 4) is 0 Å². The van der Waals surface area contributed by atoms with E-state index in [9.17, 15) is 14.4 Å². The molecular formula is C22H22N4O3. The highest BCUT2D eigenvalue weighted by Crippen LogP contribution is 2.36. The fourth-order valence-electron chi connectivity index (χ4n) is 4.75. The number of nitrogen functional groups attached to an aromatic ring is 1. The van der Waals surface area contributed by atoms with Crippen LogP contribution in [-0.2, 0) is 29.1 Å². The van der Waals surface area contributed by atoms with Gasteiger partial charge in [0.1, 0.15) is 6.04 Å². The van der Waals surface area contributed by atoms with E-state index in [1.165, 1.54) is 5.56 Å². The average Bonchev–Trinajstić information content (AvgIpc) is 3.25. The van der Waals surface area contributed by atoms with Crippen molar-refractivity contribution in [2.24, 2.45) is 0 Å². The molecule has 3 aliphatic heterocycles. The number of piperidine rings is 1. The first-order chi connectivity index (χ1) is 14.0. The third kappa shape index (κ3) is 2.85. The standard InChI is InChI=1S/C22H22N4O3/c23-16-6-2-3-13-9-10-25(20(13)16)11-14-4-1-5-15-12-26(22(29)19(14)15)17-7-8-18(27)24-21(17)28/h1-6,17H,7-12,23H2,(H,24,27,28). The number of benzene rings is 2. The first kappa shape index (κ1) is 17.7. The highest BCUT2D eigenvalue weighted by Gasteiger charge is 2.40. The molecule has 1 fully saturated rings. The maximum Gasteiger partial charge on any atom is 0.255 e. The van der Waals surface area contributed by atoms with E-state index in [2.05, 4.69) is 16.3 Å². The lowest BCUT2D eigenvalue weighted by Crippen LogP contribution is -2.52. The van der Waals surface area contributed by atoms with E-state index in [-0.39, 0.29) is 24.1 Å². The van der Waals surface area contributed by atoms with Crippen LogP contribution in [0.4, 0.5) is 11.4 Å². The highest BCUT2D eigenvalue weighted by molar-refractivity contribution is 6.06. The third-order valence-electron chi connectivity index (χ3n) is 6.12. The Morgan fingerprint density at radius 2 is 1.83 bits per heavy atom. The van der Waals surface area contributed by atoms with Crippen molar-refractivity contribution in [1.82, 2.24) is 10.2 Å². The topological polar surface area (TPSA) is 95.7 Å². The zero-order valence-electron chi connectivity index (χ0n) is 16.0. The molecule has 3 N–H and O–H groups in total. The van der Waals surface area contributed by atoms with Gasteiger partial charge in [0.2, 0.25) is 11.8 Å². The number of hydrogen-bond donors (Lipinski definition) is 2. The van der Waals surface area contributed by atoms with Gasteiger partial charge in [-0.1, -0.05) is 30.3 Å². The number of carbonyl (C=O) groups excluding carboxylic acids is 3. The molecule has 0 radical (unpaired) electrons. The molecule has 0 aliphatic carbocycles. The number of imide groups is 1. The number of rotatable bonds is 3. The number of nitrogens with one attached hydrogen (secondary N) is 1. The maximum absolute atomic E-state index is 13.2. The van der Waals surface area contributed by atoms with E-state index in [1.54, 1.807) is 4.90 Å². The lowest BCUT2D eigenvalue weighted by Gasteiger charge is -2.29. The van der Waals surface area contributed by atoms with Crippen LogP contribution in [0, 0.1) is 0 Å². The predicted molar refractivity (Wildman–Crippen MR) is 108 cm³/mol. The van der Waals surface area contributed by atoms with Gasteiger partial charge in [0.15, 0.2) is 0 Å². The highest BCUT2D eigenvalue weighted by atomic mass is 16.2. The second kappa shape index (κ2) is 6.62. The first-order valence-corrected chi connectivity index (χ1v) is 9.90. The van der Waals surface area contributed by atoms with Crippen LogP contribution < -0.4 is 16.0 Å². The molecule has 148 valence electrons. The molecule has 5 rings (SSSR count). The summed E-state index contributed by atoms with van der Waals surface area (Å²) in [5, 5.41) is 2.35. The number of amides is 3. The Balaban J connectivity index is 1.43. The zero-order valence-corrected chi connectivity index (χ0v) is 16.0. The van der Waals surface area contributed by atoms with E-state index in [4.69, 9.17) is 5.73 Å². The summed E-state index contributed by atoms with van der Waals surface area (Å²) in [5.41, 5.74) is 11.8. The van der Waals surface area contributed by atoms with Crippen molar-refractivity contribution in [2.75, 3.05) is 17.2 Å². The number of para-hydroxylation sites is 1. The Hall–Kier alpha value is -3.35. The summed E-state index contributed by atoms with van der Waals surface area (Å²) >= 11 is 0. The summed E-state index contributed by atoms with van der Waals surface area (Å²) in [5.74, 6) is -0.794. The number of fused-ring (bicyclic) bond motifs is 2. The number of carbonyl (C=O) groups is 3.